The van der Waals surface area contributed by atoms with Gasteiger partial charge in [-0.1, -0.05) is 40.5 Å². The van der Waals surface area contributed by atoms with Gasteiger partial charge in [-0.15, -0.1) is 0 Å². The highest BCUT2D eigenvalue weighted by Crippen LogP contribution is 2.38. The van der Waals surface area contributed by atoms with Crippen LogP contribution in [0.25, 0.3) is 0 Å². The molecule has 3 atom stereocenters. The van der Waals surface area contributed by atoms with Gasteiger partial charge in [-0.2, -0.15) is 23.5 Å². The van der Waals surface area contributed by atoms with E-state index in [-0.39, 0.29) is 0 Å². The highest BCUT2D eigenvalue weighted by atomic mass is 32.2. The van der Waals surface area contributed by atoms with Crippen LogP contribution in [0.2, 0.25) is 0 Å². The normalized spacial score (nSPS) is 26.5. The first-order chi connectivity index (χ1) is 8.78. The Morgan fingerprint density at radius 1 is 1.06 bits per heavy atom. The highest BCUT2D eigenvalue weighted by Gasteiger charge is 2.34. The number of nitrogens with one attached hydrogen (secondary N) is 1. The zero-order chi connectivity index (χ0) is 13.4. The Kier molecular flexibility index (Phi) is 8.86. The van der Waals surface area contributed by atoms with Gasteiger partial charge >= 0.3 is 0 Å². The summed E-state index contributed by atoms with van der Waals surface area (Å²) in [5, 5.41) is 5.56. The first-order valence-electron chi connectivity index (χ1n) is 7.74. The van der Waals surface area contributed by atoms with Crippen molar-refractivity contribution in [3.8, 4) is 0 Å². The van der Waals surface area contributed by atoms with Gasteiger partial charge < -0.3 is 5.32 Å². The molecule has 1 aliphatic heterocycles. The molecule has 0 bridgehead atoms. The Bertz CT molecular complexity index is 207. The van der Waals surface area contributed by atoms with Gasteiger partial charge in [-0.3, -0.25) is 0 Å². The Morgan fingerprint density at radius 3 is 2.28 bits per heavy atom. The minimum absolute atomic E-state index is 0.725. The van der Waals surface area contributed by atoms with E-state index in [4.69, 9.17) is 0 Å². The van der Waals surface area contributed by atoms with Crippen LogP contribution in [0.4, 0.5) is 0 Å². The molecule has 3 heteroatoms. The van der Waals surface area contributed by atoms with Crippen molar-refractivity contribution >= 4 is 23.5 Å². The fourth-order valence-corrected chi connectivity index (χ4v) is 6.27. The van der Waals surface area contributed by atoms with Crippen molar-refractivity contribution in [2.75, 3.05) is 18.1 Å². The van der Waals surface area contributed by atoms with E-state index in [1.807, 2.05) is 0 Å². The van der Waals surface area contributed by atoms with E-state index < -0.39 is 0 Å². The van der Waals surface area contributed by atoms with Gasteiger partial charge in [0.1, 0.15) is 0 Å². The molecule has 1 aliphatic rings. The number of thioether (sulfide) groups is 2. The zero-order valence-corrected chi connectivity index (χ0v) is 14.2. The molecule has 0 aromatic rings. The Morgan fingerprint density at radius 2 is 1.72 bits per heavy atom. The quantitative estimate of drug-likeness (QED) is 0.710. The second kappa shape index (κ2) is 9.55. The molecular weight excluding hydrogens is 258 g/mol. The lowest BCUT2D eigenvalue weighted by atomic mass is 9.89. The maximum absolute atomic E-state index is 3.87. The minimum Gasteiger partial charge on any atom is -0.313 e. The van der Waals surface area contributed by atoms with E-state index in [2.05, 4.69) is 56.5 Å². The van der Waals surface area contributed by atoms with Gasteiger partial charge in [0.05, 0.1) is 0 Å². The van der Waals surface area contributed by atoms with Crippen LogP contribution < -0.4 is 5.32 Å². The molecular formula is C15H31NS2. The Balaban J connectivity index is 2.71. The standard InChI is InChI=1S/C15H31NS2/c1-5-9-16-14(12(6-2)7-3)15-13(8-4)17-10-11-18-15/h12-16H,5-11H2,1-4H3. The molecule has 108 valence electrons. The van der Waals surface area contributed by atoms with Crippen molar-refractivity contribution in [2.24, 2.45) is 5.92 Å². The Labute approximate surface area is 123 Å². The summed E-state index contributed by atoms with van der Waals surface area (Å²) in [6.45, 7) is 10.5. The zero-order valence-electron chi connectivity index (χ0n) is 12.6. The van der Waals surface area contributed by atoms with E-state index in [1.54, 1.807) is 0 Å². The molecule has 1 fully saturated rings. The van der Waals surface area contributed by atoms with E-state index >= 15 is 0 Å². The molecule has 1 saturated heterocycles. The van der Waals surface area contributed by atoms with Gasteiger partial charge in [0.15, 0.2) is 0 Å². The first kappa shape index (κ1) is 16.7. The van der Waals surface area contributed by atoms with Gasteiger partial charge in [-0.25, -0.2) is 0 Å². The molecule has 0 aromatic carbocycles. The van der Waals surface area contributed by atoms with Crippen LogP contribution in [0.5, 0.6) is 0 Å². The summed E-state index contributed by atoms with van der Waals surface area (Å²) in [4.78, 5) is 0. The number of hydrogen-bond acceptors (Lipinski definition) is 3. The van der Waals surface area contributed by atoms with Crippen LogP contribution in [0.1, 0.15) is 53.4 Å². The lowest BCUT2D eigenvalue weighted by Crippen LogP contribution is -2.49. The van der Waals surface area contributed by atoms with Gasteiger partial charge in [-0.05, 0) is 25.3 Å². The summed E-state index contributed by atoms with van der Waals surface area (Å²) in [5.74, 6) is 3.54. The van der Waals surface area contributed by atoms with Crippen LogP contribution in [-0.2, 0) is 0 Å². The SMILES string of the molecule is CCCNC(C(CC)CC)C1SCCSC1CC. The number of hydrogen-bond donors (Lipinski definition) is 1. The molecule has 0 spiro atoms. The molecule has 18 heavy (non-hydrogen) atoms. The summed E-state index contributed by atoms with van der Waals surface area (Å²) in [6, 6.07) is 0.725. The topological polar surface area (TPSA) is 12.0 Å². The Hall–Kier alpha value is 0.660. The van der Waals surface area contributed by atoms with Crippen molar-refractivity contribution in [2.45, 2.75) is 69.9 Å². The summed E-state index contributed by atoms with van der Waals surface area (Å²) in [5.41, 5.74) is 0. The van der Waals surface area contributed by atoms with Crippen LogP contribution in [-0.4, -0.2) is 34.6 Å². The van der Waals surface area contributed by atoms with Crippen molar-refractivity contribution in [1.29, 1.82) is 0 Å². The van der Waals surface area contributed by atoms with Crippen molar-refractivity contribution in [1.82, 2.24) is 5.32 Å². The fraction of sp³-hybridized carbons (Fsp3) is 1.00. The lowest BCUT2D eigenvalue weighted by Gasteiger charge is -2.40. The van der Waals surface area contributed by atoms with Gasteiger partial charge in [0, 0.05) is 28.0 Å². The largest absolute Gasteiger partial charge is 0.313 e. The highest BCUT2D eigenvalue weighted by molar-refractivity contribution is 8.07. The van der Waals surface area contributed by atoms with E-state index in [9.17, 15) is 0 Å². The number of rotatable bonds is 8. The first-order valence-corrected chi connectivity index (χ1v) is 9.84. The van der Waals surface area contributed by atoms with Crippen LogP contribution in [0.15, 0.2) is 0 Å². The van der Waals surface area contributed by atoms with Crippen molar-refractivity contribution < 1.29 is 0 Å². The average Bonchev–Trinajstić information content (AvgIpc) is 2.43. The van der Waals surface area contributed by atoms with Gasteiger partial charge in [0.25, 0.3) is 0 Å². The minimum atomic E-state index is 0.725. The smallest absolute Gasteiger partial charge is 0.0322 e. The van der Waals surface area contributed by atoms with Crippen LogP contribution in [0, 0.1) is 5.92 Å². The fourth-order valence-electron chi connectivity index (χ4n) is 2.93. The molecule has 0 amide bonds. The molecule has 0 aromatic heterocycles. The second-order valence-electron chi connectivity index (χ2n) is 5.21. The molecule has 1 heterocycles. The summed E-state index contributed by atoms with van der Waals surface area (Å²) in [6.07, 6.45) is 5.21. The molecule has 0 aliphatic carbocycles. The molecule has 0 saturated carbocycles. The van der Waals surface area contributed by atoms with Crippen molar-refractivity contribution in [3.05, 3.63) is 0 Å². The van der Waals surface area contributed by atoms with E-state index in [0.717, 1.165) is 22.5 Å². The monoisotopic (exact) mass is 289 g/mol. The van der Waals surface area contributed by atoms with Crippen LogP contribution in [0.3, 0.4) is 0 Å². The molecule has 1 rings (SSSR count). The molecule has 1 N–H and O–H groups in total. The summed E-state index contributed by atoms with van der Waals surface area (Å²) >= 11 is 4.44. The van der Waals surface area contributed by atoms with Gasteiger partial charge in [0.2, 0.25) is 0 Å². The second-order valence-corrected chi connectivity index (χ2v) is 7.84. The van der Waals surface area contributed by atoms with Crippen LogP contribution >= 0.6 is 23.5 Å². The predicted octanol–water partition coefficient (Wildman–Crippen LogP) is 4.42. The van der Waals surface area contributed by atoms with Crippen molar-refractivity contribution in [3.63, 3.8) is 0 Å². The maximum atomic E-state index is 3.87. The third-order valence-corrected chi connectivity index (χ3v) is 7.41. The molecule has 1 nitrogen and oxygen atoms in total. The maximum Gasteiger partial charge on any atom is 0.0322 e. The lowest BCUT2D eigenvalue weighted by molar-refractivity contribution is 0.321. The molecule has 0 radical (unpaired) electrons. The average molecular weight is 290 g/mol. The van der Waals surface area contributed by atoms with E-state index in [1.165, 1.54) is 43.7 Å². The predicted molar refractivity (Wildman–Crippen MR) is 88.9 cm³/mol. The molecule has 3 unspecified atom stereocenters. The summed E-state index contributed by atoms with van der Waals surface area (Å²) in [7, 11) is 0. The third-order valence-electron chi connectivity index (χ3n) is 4.03. The summed E-state index contributed by atoms with van der Waals surface area (Å²) < 4.78 is 0. The third kappa shape index (κ3) is 4.64. The van der Waals surface area contributed by atoms with E-state index in [0.29, 0.717) is 0 Å².